The summed E-state index contributed by atoms with van der Waals surface area (Å²) in [7, 11) is 0. The molecule has 4 rings (SSSR count). The van der Waals surface area contributed by atoms with Crippen molar-refractivity contribution in [2.75, 3.05) is 11.1 Å². The predicted octanol–water partition coefficient (Wildman–Crippen LogP) is 5.40. The van der Waals surface area contributed by atoms with E-state index in [-0.39, 0.29) is 5.91 Å². The smallest absolute Gasteiger partial charge is 0.236 e. The summed E-state index contributed by atoms with van der Waals surface area (Å²) in [5.41, 5.74) is 2.90. The van der Waals surface area contributed by atoms with Crippen LogP contribution in [0.5, 0.6) is 0 Å². The number of aryl methyl sites for hydroxylation is 1. The second kappa shape index (κ2) is 7.90. The third kappa shape index (κ3) is 4.02. The maximum absolute atomic E-state index is 12.4. The largest absolute Gasteiger partial charge is 0.301 e. The number of benzene rings is 2. The van der Waals surface area contributed by atoms with Crippen molar-refractivity contribution in [2.45, 2.75) is 11.8 Å². The lowest BCUT2D eigenvalue weighted by Crippen LogP contribution is -2.13. The highest BCUT2D eigenvalue weighted by molar-refractivity contribution is 8.00. The number of anilines is 1. The van der Waals surface area contributed by atoms with Crippen LogP contribution >= 0.6 is 23.1 Å². The molecule has 6 heteroatoms. The van der Waals surface area contributed by atoms with Crippen LogP contribution in [0.15, 0.2) is 71.8 Å². The third-order valence-electron chi connectivity index (χ3n) is 4.04. The van der Waals surface area contributed by atoms with Crippen LogP contribution in [0.25, 0.3) is 22.2 Å². The van der Waals surface area contributed by atoms with Crippen LogP contribution in [0.4, 0.5) is 5.13 Å². The lowest BCUT2D eigenvalue weighted by atomic mass is 10.1. The van der Waals surface area contributed by atoms with E-state index in [9.17, 15) is 4.79 Å². The van der Waals surface area contributed by atoms with Gasteiger partial charge in [0.25, 0.3) is 0 Å². The molecule has 0 saturated carbocycles. The van der Waals surface area contributed by atoms with E-state index in [1.165, 1.54) is 23.1 Å². The molecule has 1 N–H and O–H groups in total. The lowest BCUT2D eigenvalue weighted by Gasteiger charge is -2.05. The van der Waals surface area contributed by atoms with Crippen LogP contribution < -0.4 is 5.32 Å². The van der Waals surface area contributed by atoms with Gasteiger partial charge in [-0.3, -0.25) is 9.78 Å². The molecule has 27 heavy (non-hydrogen) atoms. The van der Waals surface area contributed by atoms with Crippen LogP contribution in [0.2, 0.25) is 0 Å². The topological polar surface area (TPSA) is 54.9 Å². The van der Waals surface area contributed by atoms with Crippen LogP contribution in [-0.4, -0.2) is 21.6 Å². The first kappa shape index (κ1) is 17.7. The molecule has 2 aromatic heterocycles. The Bertz CT molecular complexity index is 1090. The van der Waals surface area contributed by atoms with Gasteiger partial charge in [0.2, 0.25) is 5.91 Å². The van der Waals surface area contributed by atoms with Crippen LogP contribution in [-0.2, 0) is 4.79 Å². The molecule has 0 atom stereocenters. The van der Waals surface area contributed by atoms with Crippen molar-refractivity contribution in [3.05, 3.63) is 71.7 Å². The predicted molar refractivity (Wildman–Crippen MR) is 113 cm³/mol. The first-order chi connectivity index (χ1) is 13.2. The summed E-state index contributed by atoms with van der Waals surface area (Å²) in [4.78, 5) is 23.5. The number of fused-ring (bicyclic) bond motifs is 1. The molecule has 0 spiro atoms. The number of nitrogens with zero attached hydrogens (tertiary/aromatic N) is 2. The SMILES string of the molecule is Cc1sc(NC(=O)CSc2cccc3cccnc23)nc1-c1ccccc1. The minimum absolute atomic E-state index is 0.0682. The van der Waals surface area contributed by atoms with Crippen LogP contribution in [0.3, 0.4) is 0 Å². The van der Waals surface area contributed by atoms with Crippen molar-refractivity contribution in [1.29, 1.82) is 0 Å². The van der Waals surface area contributed by atoms with E-state index < -0.39 is 0 Å². The van der Waals surface area contributed by atoms with Gasteiger partial charge in [0.15, 0.2) is 5.13 Å². The fourth-order valence-electron chi connectivity index (χ4n) is 2.81. The molecule has 0 aliphatic carbocycles. The number of hydrogen-bond donors (Lipinski definition) is 1. The van der Waals surface area contributed by atoms with Crippen molar-refractivity contribution in [3.8, 4) is 11.3 Å². The number of carbonyl (C=O) groups excluding carboxylic acids is 1. The second-order valence-corrected chi connectivity index (χ2v) is 8.18. The molecule has 0 saturated heterocycles. The minimum atomic E-state index is -0.0682. The molecule has 0 aliphatic rings. The Kier molecular flexibility index (Phi) is 5.18. The second-order valence-electron chi connectivity index (χ2n) is 5.96. The molecule has 1 amide bonds. The molecule has 0 radical (unpaired) electrons. The quantitative estimate of drug-likeness (QED) is 0.463. The van der Waals surface area contributed by atoms with Gasteiger partial charge >= 0.3 is 0 Å². The van der Waals surface area contributed by atoms with Crippen molar-refractivity contribution in [3.63, 3.8) is 0 Å². The highest BCUT2D eigenvalue weighted by Crippen LogP contribution is 2.31. The number of thioether (sulfide) groups is 1. The molecule has 2 aromatic carbocycles. The van der Waals surface area contributed by atoms with E-state index in [4.69, 9.17) is 0 Å². The molecule has 2 heterocycles. The molecule has 4 aromatic rings. The number of nitrogens with one attached hydrogen (secondary N) is 1. The maximum atomic E-state index is 12.4. The fourth-order valence-corrected chi connectivity index (χ4v) is 4.50. The highest BCUT2D eigenvalue weighted by Gasteiger charge is 2.13. The number of thiazole rings is 1. The number of para-hydroxylation sites is 1. The van der Waals surface area contributed by atoms with Crippen LogP contribution in [0, 0.1) is 6.92 Å². The molecule has 4 nitrogen and oxygen atoms in total. The summed E-state index contributed by atoms with van der Waals surface area (Å²) in [6, 6.07) is 19.9. The van der Waals surface area contributed by atoms with E-state index in [0.29, 0.717) is 10.9 Å². The number of carbonyl (C=O) groups is 1. The number of hydrogen-bond acceptors (Lipinski definition) is 5. The monoisotopic (exact) mass is 391 g/mol. The minimum Gasteiger partial charge on any atom is -0.301 e. The Balaban J connectivity index is 1.44. The Morgan fingerprint density at radius 3 is 2.74 bits per heavy atom. The lowest BCUT2D eigenvalue weighted by molar-refractivity contribution is -0.113. The normalized spacial score (nSPS) is 10.9. The molecular formula is C21H17N3OS2. The van der Waals surface area contributed by atoms with Gasteiger partial charge in [0.1, 0.15) is 0 Å². The van der Waals surface area contributed by atoms with Gasteiger partial charge in [0, 0.05) is 26.9 Å². The Morgan fingerprint density at radius 1 is 1.07 bits per heavy atom. The van der Waals surface area contributed by atoms with Crippen molar-refractivity contribution in [2.24, 2.45) is 0 Å². The summed E-state index contributed by atoms with van der Waals surface area (Å²) in [6.45, 7) is 2.02. The van der Waals surface area contributed by atoms with E-state index in [1.54, 1.807) is 6.20 Å². The fraction of sp³-hybridized carbons (Fsp3) is 0.0952. The van der Waals surface area contributed by atoms with Crippen LogP contribution in [0.1, 0.15) is 4.88 Å². The summed E-state index contributed by atoms with van der Waals surface area (Å²) >= 11 is 2.98. The standard InChI is InChI=1S/C21H17N3OS2/c1-14-19(15-7-3-2-4-8-15)24-21(27-14)23-18(25)13-26-17-11-5-9-16-10-6-12-22-20(16)17/h2-12H,13H2,1H3,(H,23,24,25). The average molecular weight is 392 g/mol. The zero-order valence-electron chi connectivity index (χ0n) is 14.7. The molecule has 0 unspecified atom stereocenters. The average Bonchev–Trinajstić information content (AvgIpc) is 3.07. The maximum Gasteiger partial charge on any atom is 0.236 e. The van der Waals surface area contributed by atoms with Crippen molar-refractivity contribution >= 4 is 45.0 Å². The molecule has 0 aliphatic heterocycles. The van der Waals surface area contributed by atoms with E-state index in [2.05, 4.69) is 15.3 Å². The van der Waals surface area contributed by atoms with E-state index >= 15 is 0 Å². The van der Waals surface area contributed by atoms with Crippen molar-refractivity contribution in [1.82, 2.24) is 9.97 Å². The zero-order valence-corrected chi connectivity index (χ0v) is 16.3. The van der Waals surface area contributed by atoms with Crippen molar-refractivity contribution < 1.29 is 4.79 Å². The summed E-state index contributed by atoms with van der Waals surface area (Å²) in [5, 5.41) is 4.63. The van der Waals surface area contributed by atoms with Gasteiger partial charge in [-0.15, -0.1) is 23.1 Å². The number of amides is 1. The van der Waals surface area contributed by atoms with Gasteiger partial charge in [-0.1, -0.05) is 48.5 Å². The first-order valence-corrected chi connectivity index (χ1v) is 10.3. The summed E-state index contributed by atoms with van der Waals surface area (Å²) in [5.74, 6) is 0.246. The highest BCUT2D eigenvalue weighted by atomic mass is 32.2. The van der Waals surface area contributed by atoms with Gasteiger partial charge < -0.3 is 5.32 Å². The Labute approximate surface area is 165 Å². The molecule has 0 bridgehead atoms. The molecule has 0 fully saturated rings. The third-order valence-corrected chi connectivity index (χ3v) is 5.98. The van der Waals surface area contributed by atoms with E-state index in [0.717, 1.165) is 31.9 Å². The number of aromatic nitrogens is 2. The first-order valence-electron chi connectivity index (χ1n) is 8.50. The number of pyridine rings is 1. The van der Waals surface area contributed by atoms with Gasteiger partial charge in [0.05, 0.1) is 17.0 Å². The molecular weight excluding hydrogens is 374 g/mol. The zero-order chi connectivity index (χ0) is 18.6. The Morgan fingerprint density at radius 2 is 1.89 bits per heavy atom. The van der Waals surface area contributed by atoms with Gasteiger partial charge in [-0.2, -0.15) is 0 Å². The van der Waals surface area contributed by atoms with Gasteiger partial charge in [-0.25, -0.2) is 4.98 Å². The van der Waals surface area contributed by atoms with Gasteiger partial charge in [-0.05, 0) is 19.1 Å². The summed E-state index contributed by atoms with van der Waals surface area (Å²) in [6.07, 6.45) is 1.77. The van der Waals surface area contributed by atoms with E-state index in [1.807, 2.05) is 67.6 Å². The summed E-state index contributed by atoms with van der Waals surface area (Å²) < 4.78 is 0. The number of rotatable bonds is 5. The molecule has 134 valence electrons. The Hall–Kier alpha value is -2.70.